The number of aromatic nitrogens is 2. The fourth-order valence-electron chi connectivity index (χ4n) is 2.48. The van der Waals surface area contributed by atoms with Crippen LogP contribution in [0.25, 0.3) is 10.2 Å². The van der Waals surface area contributed by atoms with Crippen molar-refractivity contribution >= 4 is 45.4 Å². The Kier molecular flexibility index (Phi) is 5.75. The number of hydrazone groups is 1. The molecule has 4 rings (SSSR count). The fourth-order valence-corrected chi connectivity index (χ4v) is 4.51. The Labute approximate surface area is 170 Å². The molecule has 28 heavy (non-hydrogen) atoms. The van der Waals surface area contributed by atoms with Gasteiger partial charge in [0.05, 0.1) is 22.1 Å². The summed E-state index contributed by atoms with van der Waals surface area (Å²) in [4.78, 5) is 20.9. The Morgan fingerprint density at radius 1 is 1.07 bits per heavy atom. The molecule has 0 unspecified atom stereocenters. The minimum atomic E-state index is -0.252. The molecule has 1 amide bonds. The zero-order valence-electron chi connectivity index (χ0n) is 14.8. The summed E-state index contributed by atoms with van der Waals surface area (Å²) in [5, 5.41) is 3.94. The highest BCUT2D eigenvalue weighted by molar-refractivity contribution is 8.00. The molecule has 0 saturated heterocycles. The maximum Gasteiger partial charge on any atom is 0.271 e. The molecule has 2 aromatic heterocycles. The summed E-state index contributed by atoms with van der Waals surface area (Å²) in [6.07, 6.45) is 3.19. The lowest BCUT2D eigenvalue weighted by Gasteiger charge is -2.02. The number of pyridine rings is 1. The first-order valence-electron chi connectivity index (χ1n) is 8.60. The smallest absolute Gasteiger partial charge is 0.267 e. The van der Waals surface area contributed by atoms with Gasteiger partial charge in [0, 0.05) is 17.5 Å². The Morgan fingerprint density at radius 3 is 2.68 bits per heavy atom. The molecule has 0 aliphatic rings. The Morgan fingerprint density at radius 2 is 1.89 bits per heavy atom. The predicted octanol–water partition coefficient (Wildman–Crippen LogP) is 4.75. The topological polar surface area (TPSA) is 67.2 Å². The lowest BCUT2D eigenvalue weighted by molar-refractivity contribution is 0.0955. The first-order chi connectivity index (χ1) is 13.8. The number of rotatable bonds is 6. The summed E-state index contributed by atoms with van der Waals surface area (Å²) in [5.41, 5.74) is 5.94. The molecule has 0 radical (unpaired) electrons. The average Bonchev–Trinajstić information content (AvgIpc) is 3.16. The van der Waals surface area contributed by atoms with Crippen molar-refractivity contribution in [1.82, 2.24) is 15.4 Å². The Balaban J connectivity index is 1.32. The highest BCUT2D eigenvalue weighted by Gasteiger charge is 2.06. The number of carbonyl (C=O) groups excluding carboxylic acids is 1. The molecule has 7 heteroatoms. The van der Waals surface area contributed by atoms with Crippen LogP contribution in [0.5, 0.6) is 0 Å². The summed E-state index contributed by atoms with van der Waals surface area (Å²) < 4.78 is 2.25. The molecule has 5 nitrogen and oxygen atoms in total. The summed E-state index contributed by atoms with van der Waals surface area (Å²) in [6.45, 7) is 0. The van der Waals surface area contributed by atoms with Crippen LogP contribution in [0.1, 0.15) is 21.6 Å². The van der Waals surface area contributed by atoms with Gasteiger partial charge >= 0.3 is 0 Å². The number of fused-ring (bicyclic) bond motifs is 1. The van der Waals surface area contributed by atoms with E-state index in [4.69, 9.17) is 0 Å². The Bertz CT molecular complexity index is 1080. The first kappa shape index (κ1) is 18.3. The van der Waals surface area contributed by atoms with E-state index in [2.05, 4.69) is 26.6 Å². The van der Waals surface area contributed by atoms with Crippen LogP contribution < -0.4 is 5.43 Å². The molecule has 138 valence electrons. The van der Waals surface area contributed by atoms with E-state index in [9.17, 15) is 4.79 Å². The van der Waals surface area contributed by atoms with E-state index in [1.807, 2.05) is 48.5 Å². The zero-order chi connectivity index (χ0) is 19.2. The second kappa shape index (κ2) is 8.77. The van der Waals surface area contributed by atoms with E-state index >= 15 is 0 Å². The number of nitrogens with zero attached hydrogens (tertiary/aromatic N) is 3. The number of nitrogens with one attached hydrogen (secondary N) is 1. The normalized spacial score (nSPS) is 11.1. The third-order valence-corrected chi connectivity index (χ3v) is 6.15. The van der Waals surface area contributed by atoms with Gasteiger partial charge in [0.15, 0.2) is 4.34 Å². The molecule has 0 bridgehead atoms. The second-order valence-corrected chi connectivity index (χ2v) is 8.14. The van der Waals surface area contributed by atoms with Gasteiger partial charge in [-0.25, -0.2) is 10.4 Å². The minimum Gasteiger partial charge on any atom is -0.267 e. The number of carbonyl (C=O) groups is 1. The highest BCUT2D eigenvalue weighted by atomic mass is 32.2. The number of para-hydroxylation sites is 1. The van der Waals surface area contributed by atoms with Gasteiger partial charge in [-0.3, -0.25) is 9.78 Å². The second-order valence-electron chi connectivity index (χ2n) is 5.89. The van der Waals surface area contributed by atoms with Gasteiger partial charge in [0.25, 0.3) is 5.91 Å². The molecule has 0 saturated carbocycles. The van der Waals surface area contributed by atoms with Crippen molar-refractivity contribution in [3.05, 3.63) is 89.7 Å². The van der Waals surface area contributed by atoms with E-state index in [1.165, 1.54) is 10.9 Å². The first-order valence-corrected chi connectivity index (χ1v) is 10.4. The Hall–Kier alpha value is -3.03. The molecule has 0 spiro atoms. The summed E-state index contributed by atoms with van der Waals surface area (Å²) in [6, 6.07) is 21.2. The number of hydrogen-bond donors (Lipinski definition) is 1. The molecule has 0 aliphatic heterocycles. The van der Waals surface area contributed by atoms with Crippen molar-refractivity contribution in [2.24, 2.45) is 5.10 Å². The number of thioether (sulfide) groups is 1. The fraction of sp³-hybridized carbons (Fsp3) is 0.0476. The average molecular weight is 405 g/mol. The molecule has 0 atom stereocenters. The molecule has 1 N–H and O–H groups in total. The summed E-state index contributed by atoms with van der Waals surface area (Å²) in [7, 11) is 0. The summed E-state index contributed by atoms with van der Waals surface area (Å²) >= 11 is 3.40. The standard InChI is InChI=1S/C21H16N4OS2/c26-20(25-23-13-17-5-3-4-12-22-17)16-10-8-15(9-11-16)14-27-21-24-18-6-1-2-7-19(18)28-21/h1-13H,14H2,(H,25,26). The van der Waals surface area contributed by atoms with Gasteiger partial charge in [-0.15, -0.1) is 11.3 Å². The van der Waals surface area contributed by atoms with Crippen LogP contribution in [0.3, 0.4) is 0 Å². The molecular formula is C21H16N4OS2. The third-order valence-electron chi connectivity index (χ3n) is 3.90. The van der Waals surface area contributed by atoms with Gasteiger partial charge in [-0.1, -0.05) is 42.1 Å². The third kappa shape index (κ3) is 4.62. The molecule has 4 aromatic rings. The van der Waals surface area contributed by atoms with Crippen LogP contribution in [-0.4, -0.2) is 22.1 Å². The highest BCUT2D eigenvalue weighted by Crippen LogP contribution is 2.31. The van der Waals surface area contributed by atoms with Gasteiger partial charge < -0.3 is 0 Å². The molecule has 2 aromatic carbocycles. The van der Waals surface area contributed by atoms with Crippen molar-refractivity contribution in [3.63, 3.8) is 0 Å². The van der Waals surface area contributed by atoms with Crippen LogP contribution in [0.4, 0.5) is 0 Å². The maximum atomic E-state index is 12.2. The van der Waals surface area contributed by atoms with Gasteiger partial charge in [-0.2, -0.15) is 5.10 Å². The van der Waals surface area contributed by atoms with Crippen LogP contribution >= 0.6 is 23.1 Å². The van der Waals surface area contributed by atoms with Crippen molar-refractivity contribution in [2.75, 3.05) is 0 Å². The molecule has 0 fully saturated rings. The monoisotopic (exact) mass is 404 g/mol. The van der Waals surface area contributed by atoms with Gasteiger partial charge in [0.2, 0.25) is 0 Å². The van der Waals surface area contributed by atoms with Gasteiger partial charge in [-0.05, 0) is 42.0 Å². The van der Waals surface area contributed by atoms with E-state index in [0.717, 1.165) is 21.2 Å². The van der Waals surface area contributed by atoms with Crippen LogP contribution in [0.2, 0.25) is 0 Å². The SMILES string of the molecule is O=C(NN=Cc1ccccn1)c1ccc(CSc2nc3ccccc3s2)cc1. The van der Waals surface area contributed by atoms with Crippen LogP contribution in [0, 0.1) is 0 Å². The predicted molar refractivity (Wildman–Crippen MR) is 115 cm³/mol. The lowest BCUT2D eigenvalue weighted by atomic mass is 10.1. The van der Waals surface area contributed by atoms with E-state index in [1.54, 1.807) is 41.4 Å². The van der Waals surface area contributed by atoms with E-state index in [-0.39, 0.29) is 5.91 Å². The summed E-state index contributed by atoms with van der Waals surface area (Å²) in [5.74, 6) is 0.553. The van der Waals surface area contributed by atoms with Crippen molar-refractivity contribution < 1.29 is 4.79 Å². The quantitative estimate of drug-likeness (QED) is 0.286. The molecule has 2 heterocycles. The van der Waals surface area contributed by atoms with Crippen molar-refractivity contribution in [2.45, 2.75) is 10.1 Å². The van der Waals surface area contributed by atoms with Crippen LogP contribution in [-0.2, 0) is 5.75 Å². The molecular weight excluding hydrogens is 388 g/mol. The minimum absolute atomic E-state index is 0.252. The number of thiazole rings is 1. The van der Waals surface area contributed by atoms with E-state index < -0.39 is 0 Å². The number of hydrogen-bond acceptors (Lipinski definition) is 6. The maximum absolute atomic E-state index is 12.2. The van der Waals surface area contributed by atoms with E-state index in [0.29, 0.717) is 11.3 Å². The largest absolute Gasteiger partial charge is 0.271 e. The van der Waals surface area contributed by atoms with Crippen molar-refractivity contribution in [1.29, 1.82) is 0 Å². The van der Waals surface area contributed by atoms with Crippen LogP contribution in [0.15, 0.2) is 82.4 Å². The van der Waals surface area contributed by atoms with Crippen molar-refractivity contribution in [3.8, 4) is 0 Å². The van der Waals surface area contributed by atoms with Gasteiger partial charge in [0.1, 0.15) is 0 Å². The molecule has 0 aliphatic carbocycles. The number of benzene rings is 2. The lowest BCUT2D eigenvalue weighted by Crippen LogP contribution is -2.17. The zero-order valence-corrected chi connectivity index (χ0v) is 16.4. The number of amides is 1.